The van der Waals surface area contributed by atoms with E-state index in [-0.39, 0.29) is 11.8 Å². The normalized spacial score (nSPS) is 16.1. The van der Waals surface area contributed by atoms with Gasteiger partial charge in [0.15, 0.2) is 0 Å². The van der Waals surface area contributed by atoms with Gasteiger partial charge in [0.1, 0.15) is 11.6 Å². The van der Waals surface area contributed by atoms with E-state index in [1.807, 2.05) is 68.6 Å². The molecule has 0 radical (unpaired) electrons. The summed E-state index contributed by atoms with van der Waals surface area (Å²) >= 11 is 0. The minimum absolute atomic E-state index is 0.00486. The van der Waals surface area contributed by atoms with Crippen molar-refractivity contribution in [3.8, 4) is 11.4 Å². The molecule has 1 aliphatic rings. The standard InChI is InChI=1S/C21H21N3O2/c1-3-26-17-10-6-15(7-11-17)18-12-20(25)23-21-19(18)13-22-24(21)16-8-4-14(2)5-9-16/h4-11,13,18H,3,12H2,1-2H3,(H,23,25)/t18-/m0/s1. The predicted octanol–water partition coefficient (Wildman–Crippen LogP) is 4.05. The first kappa shape index (κ1) is 16.4. The minimum Gasteiger partial charge on any atom is -0.494 e. The number of anilines is 1. The zero-order valence-electron chi connectivity index (χ0n) is 14.9. The summed E-state index contributed by atoms with van der Waals surface area (Å²) in [6, 6.07) is 16.1. The molecule has 0 aliphatic carbocycles. The molecule has 1 N–H and O–H groups in total. The Kier molecular flexibility index (Phi) is 4.21. The summed E-state index contributed by atoms with van der Waals surface area (Å²) in [6.07, 6.45) is 2.27. The molecule has 0 bridgehead atoms. The molecule has 0 unspecified atom stereocenters. The number of hydrogen-bond donors (Lipinski definition) is 1. The molecule has 1 aliphatic heterocycles. The number of hydrogen-bond acceptors (Lipinski definition) is 3. The summed E-state index contributed by atoms with van der Waals surface area (Å²) in [5.74, 6) is 1.59. The van der Waals surface area contributed by atoms with Gasteiger partial charge in [-0.1, -0.05) is 29.8 Å². The number of aromatic nitrogens is 2. The van der Waals surface area contributed by atoms with Crippen LogP contribution in [0, 0.1) is 6.92 Å². The lowest BCUT2D eigenvalue weighted by Crippen LogP contribution is -2.24. The third-order valence-corrected chi connectivity index (χ3v) is 4.69. The van der Waals surface area contributed by atoms with Crippen LogP contribution < -0.4 is 10.1 Å². The lowest BCUT2D eigenvalue weighted by atomic mass is 9.87. The number of nitrogens with zero attached hydrogens (tertiary/aromatic N) is 2. The van der Waals surface area contributed by atoms with Gasteiger partial charge in [-0.2, -0.15) is 5.10 Å². The molecular formula is C21H21N3O2. The number of benzene rings is 2. The molecule has 2 heterocycles. The van der Waals surface area contributed by atoms with Crippen molar-refractivity contribution in [1.82, 2.24) is 9.78 Å². The molecule has 5 nitrogen and oxygen atoms in total. The van der Waals surface area contributed by atoms with Crippen molar-refractivity contribution in [2.45, 2.75) is 26.2 Å². The first-order valence-electron chi connectivity index (χ1n) is 8.83. The van der Waals surface area contributed by atoms with Crippen LogP contribution in [0.4, 0.5) is 5.82 Å². The molecule has 5 heteroatoms. The quantitative estimate of drug-likeness (QED) is 0.774. The van der Waals surface area contributed by atoms with Gasteiger partial charge >= 0.3 is 0 Å². The molecule has 2 aromatic carbocycles. The Labute approximate surface area is 152 Å². The van der Waals surface area contributed by atoms with Gasteiger partial charge in [-0.05, 0) is 43.7 Å². The Balaban J connectivity index is 1.72. The Morgan fingerprint density at radius 1 is 1.15 bits per heavy atom. The third-order valence-electron chi connectivity index (χ3n) is 4.69. The highest BCUT2D eigenvalue weighted by atomic mass is 16.5. The van der Waals surface area contributed by atoms with Crippen LogP contribution in [-0.2, 0) is 4.79 Å². The molecule has 0 saturated carbocycles. The van der Waals surface area contributed by atoms with Crippen molar-refractivity contribution in [2.75, 3.05) is 11.9 Å². The molecule has 4 rings (SSSR count). The number of aryl methyl sites for hydroxylation is 1. The van der Waals surface area contributed by atoms with Crippen molar-refractivity contribution < 1.29 is 9.53 Å². The Bertz CT molecular complexity index is 927. The van der Waals surface area contributed by atoms with Gasteiger partial charge < -0.3 is 10.1 Å². The van der Waals surface area contributed by atoms with E-state index in [0.717, 1.165) is 28.4 Å². The fourth-order valence-electron chi connectivity index (χ4n) is 3.36. The fourth-order valence-corrected chi connectivity index (χ4v) is 3.36. The van der Waals surface area contributed by atoms with Crippen LogP contribution in [0.2, 0.25) is 0 Å². The number of ether oxygens (including phenoxy) is 1. The minimum atomic E-state index is -0.00590. The summed E-state index contributed by atoms with van der Waals surface area (Å²) in [6.45, 7) is 4.65. The van der Waals surface area contributed by atoms with Crippen LogP contribution in [0.5, 0.6) is 5.75 Å². The highest BCUT2D eigenvalue weighted by molar-refractivity contribution is 5.94. The van der Waals surface area contributed by atoms with E-state index in [1.165, 1.54) is 5.56 Å². The molecular weight excluding hydrogens is 326 g/mol. The number of amides is 1. The molecule has 132 valence electrons. The zero-order valence-corrected chi connectivity index (χ0v) is 14.9. The SMILES string of the molecule is CCOc1ccc([C@@H]2CC(=O)Nc3c2cnn3-c2ccc(C)cc2)cc1. The first-order chi connectivity index (χ1) is 12.7. The van der Waals surface area contributed by atoms with Crippen LogP contribution >= 0.6 is 0 Å². The second-order valence-corrected chi connectivity index (χ2v) is 6.50. The summed E-state index contributed by atoms with van der Waals surface area (Å²) in [4.78, 5) is 12.3. The van der Waals surface area contributed by atoms with Gasteiger partial charge in [0.2, 0.25) is 5.91 Å². The van der Waals surface area contributed by atoms with Crippen molar-refractivity contribution in [3.05, 3.63) is 71.4 Å². The summed E-state index contributed by atoms with van der Waals surface area (Å²) in [5, 5.41) is 7.52. The summed E-state index contributed by atoms with van der Waals surface area (Å²) in [5.41, 5.74) is 4.25. The van der Waals surface area contributed by atoms with Gasteiger partial charge in [-0.15, -0.1) is 0 Å². The van der Waals surface area contributed by atoms with E-state index in [1.54, 1.807) is 4.68 Å². The van der Waals surface area contributed by atoms with Crippen LogP contribution in [-0.4, -0.2) is 22.3 Å². The van der Waals surface area contributed by atoms with E-state index in [4.69, 9.17) is 4.74 Å². The average molecular weight is 347 g/mol. The molecule has 1 aromatic heterocycles. The summed E-state index contributed by atoms with van der Waals surface area (Å²) in [7, 11) is 0. The molecule has 0 saturated heterocycles. The highest BCUT2D eigenvalue weighted by Crippen LogP contribution is 2.38. The van der Waals surface area contributed by atoms with Crippen molar-refractivity contribution in [2.24, 2.45) is 0 Å². The maximum Gasteiger partial charge on any atom is 0.226 e. The van der Waals surface area contributed by atoms with Gasteiger partial charge in [0.05, 0.1) is 18.5 Å². The van der Waals surface area contributed by atoms with Crippen molar-refractivity contribution in [3.63, 3.8) is 0 Å². The van der Waals surface area contributed by atoms with Gasteiger partial charge in [0, 0.05) is 17.9 Å². The van der Waals surface area contributed by atoms with E-state index in [0.29, 0.717) is 13.0 Å². The number of nitrogens with one attached hydrogen (secondary N) is 1. The second kappa shape index (κ2) is 6.67. The fraction of sp³-hybridized carbons (Fsp3) is 0.238. The van der Waals surface area contributed by atoms with Gasteiger partial charge in [-0.25, -0.2) is 4.68 Å². The number of carbonyl (C=O) groups excluding carboxylic acids is 1. The molecule has 1 amide bonds. The summed E-state index contributed by atoms with van der Waals surface area (Å²) < 4.78 is 7.31. The van der Waals surface area contributed by atoms with Crippen LogP contribution in [0.1, 0.15) is 36.0 Å². The van der Waals surface area contributed by atoms with E-state index in [2.05, 4.69) is 10.4 Å². The lowest BCUT2D eigenvalue weighted by Gasteiger charge is -2.24. The Morgan fingerprint density at radius 2 is 1.88 bits per heavy atom. The zero-order chi connectivity index (χ0) is 18.1. The van der Waals surface area contributed by atoms with Crippen molar-refractivity contribution in [1.29, 1.82) is 0 Å². The van der Waals surface area contributed by atoms with Gasteiger partial charge in [0.25, 0.3) is 0 Å². The molecule has 1 atom stereocenters. The predicted molar refractivity (Wildman–Crippen MR) is 101 cm³/mol. The number of carbonyl (C=O) groups is 1. The number of rotatable bonds is 4. The van der Waals surface area contributed by atoms with Crippen LogP contribution in [0.3, 0.4) is 0 Å². The lowest BCUT2D eigenvalue weighted by molar-refractivity contribution is -0.116. The van der Waals surface area contributed by atoms with E-state index in [9.17, 15) is 4.79 Å². The van der Waals surface area contributed by atoms with E-state index < -0.39 is 0 Å². The Morgan fingerprint density at radius 3 is 2.58 bits per heavy atom. The van der Waals surface area contributed by atoms with Crippen molar-refractivity contribution >= 4 is 11.7 Å². The molecule has 0 fully saturated rings. The second-order valence-electron chi connectivity index (χ2n) is 6.50. The smallest absolute Gasteiger partial charge is 0.226 e. The number of fused-ring (bicyclic) bond motifs is 1. The maximum absolute atomic E-state index is 12.3. The van der Waals surface area contributed by atoms with Crippen LogP contribution in [0.15, 0.2) is 54.7 Å². The maximum atomic E-state index is 12.3. The van der Waals surface area contributed by atoms with Crippen LogP contribution in [0.25, 0.3) is 5.69 Å². The largest absolute Gasteiger partial charge is 0.494 e. The van der Waals surface area contributed by atoms with E-state index >= 15 is 0 Å². The highest BCUT2D eigenvalue weighted by Gasteiger charge is 2.30. The monoisotopic (exact) mass is 347 g/mol. The molecule has 26 heavy (non-hydrogen) atoms. The van der Waals surface area contributed by atoms with Gasteiger partial charge in [-0.3, -0.25) is 4.79 Å². The molecule has 0 spiro atoms. The molecule has 3 aromatic rings. The third kappa shape index (κ3) is 2.96. The topological polar surface area (TPSA) is 56.1 Å². The first-order valence-corrected chi connectivity index (χ1v) is 8.83. The Hall–Kier alpha value is -3.08. The average Bonchev–Trinajstić information content (AvgIpc) is 3.06.